The average Bonchev–Trinajstić information content (AvgIpc) is 3.67. The molecule has 2 heterocycles. The summed E-state index contributed by atoms with van der Waals surface area (Å²) < 4.78 is 14.9. The third-order valence-electron chi connectivity index (χ3n) is 8.93. The number of amides is 1. The van der Waals surface area contributed by atoms with E-state index in [9.17, 15) is 14.7 Å². The number of benzene rings is 4. The first-order chi connectivity index (χ1) is 25.4. The fourth-order valence-corrected chi connectivity index (χ4v) is 7.00. The number of para-hydroxylation sites is 1. The first-order valence-electron chi connectivity index (χ1n) is 17.6. The largest absolute Gasteiger partial charge is 0.481 e. The maximum atomic E-state index is 12.4. The number of carbonyl (C=O) groups excluding carboxylic acids is 1. The summed E-state index contributed by atoms with van der Waals surface area (Å²) in [6.07, 6.45) is 3.33. The molecule has 1 amide bonds. The Bertz CT molecular complexity index is 1890. The molecule has 1 fully saturated rings. The van der Waals surface area contributed by atoms with Crippen molar-refractivity contribution in [1.29, 1.82) is 0 Å². The molecule has 3 atom stereocenters. The van der Waals surface area contributed by atoms with Crippen molar-refractivity contribution in [1.82, 2.24) is 25.5 Å². The zero-order valence-electron chi connectivity index (χ0n) is 28.8. The SMILES string of the molecule is O=C(O)CCCCCCC(=O)NCc1cccc(-c2ccc([C@@H]3O[C@H](CSc4nnnn4-c4ccccc4)C[C@H](c4ccc(CO)cc4)O3)cc2)c1. The molecule has 4 aromatic carbocycles. The lowest BCUT2D eigenvalue weighted by molar-refractivity contribution is -0.245. The van der Waals surface area contributed by atoms with Crippen LogP contribution in [0.4, 0.5) is 0 Å². The predicted octanol–water partition coefficient (Wildman–Crippen LogP) is 7.20. The summed E-state index contributed by atoms with van der Waals surface area (Å²) >= 11 is 1.54. The molecule has 5 aromatic rings. The fraction of sp³-hybridized carbons (Fsp3) is 0.325. The van der Waals surface area contributed by atoms with Crippen molar-refractivity contribution < 1.29 is 29.3 Å². The van der Waals surface area contributed by atoms with Gasteiger partial charge in [0.05, 0.1) is 24.5 Å². The second-order valence-electron chi connectivity index (χ2n) is 12.8. The lowest BCUT2D eigenvalue weighted by Crippen LogP contribution is -2.31. The van der Waals surface area contributed by atoms with Gasteiger partial charge in [-0.1, -0.05) is 110 Å². The third-order valence-corrected chi connectivity index (χ3v) is 9.98. The van der Waals surface area contributed by atoms with Crippen LogP contribution in [-0.2, 0) is 32.2 Å². The molecule has 0 bridgehead atoms. The monoisotopic (exact) mass is 721 g/mol. The van der Waals surface area contributed by atoms with E-state index in [2.05, 4.69) is 39.0 Å². The number of carboxylic acids is 1. The highest BCUT2D eigenvalue weighted by molar-refractivity contribution is 7.99. The highest BCUT2D eigenvalue weighted by Crippen LogP contribution is 2.40. The van der Waals surface area contributed by atoms with Gasteiger partial charge in [0.25, 0.3) is 0 Å². The van der Waals surface area contributed by atoms with Crippen molar-refractivity contribution in [2.75, 3.05) is 5.75 Å². The minimum Gasteiger partial charge on any atom is -0.481 e. The average molecular weight is 722 g/mol. The molecule has 1 aliphatic heterocycles. The minimum absolute atomic E-state index is 0.00503. The van der Waals surface area contributed by atoms with E-state index < -0.39 is 12.3 Å². The van der Waals surface area contributed by atoms with Crippen LogP contribution in [0, 0.1) is 0 Å². The van der Waals surface area contributed by atoms with Crippen molar-refractivity contribution in [2.24, 2.45) is 0 Å². The number of aliphatic carboxylic acids is 1. The number of ether oxygens (including phenoxy) is 2. The number of hydrogen-bond acceptors (Lipinski definition) is 9. The van der Waals surface area contributed by atoms with E-state index in [1.54, 1.807) is 4.68 Å². The highest BCUT2D eigenvalue weighted by atomic mass is 32.2. The van der Waals surface area contributed by atoms with Gasteiger partial charge >= 0.3 is 5.97 Å². The molecule has 0 spiro atoms. The van der Waals surface area contributed by atoms with Crippen molar-refractivity contribution in [3.63, 3.8) is 0 Å². The lowest BCUT2D eigenvalue weighted by Gasteiger charge is -2.36. The van der Waals surface area contributed by atoms with E-state index in [4.69, 9.17) is 14.6 Å². The Morgan fingerprint density at radius 2 is 1.56 bits per heavy atom. The van der Waals surface area contributed by atoms with Gasteiger partial charge in [-0.25, -0.2) is 0 Å². The van der Waals surface area contributed by atoms with Crippen LogP contribution in [0.2, 0.25) is 0 Å². The number of rotatable bonds is 17. The molecule has 0 saturated carbocycles. The molecule has 0 unspecified atom stereocenters. The Kier molecular flexibility index (Phi) is 13.2. The van der Waals surface area contributed by atoms with Crippen LogP contribution in [0.5, 0.6) is 0 Å². The van der Waals surface area contributed by atoms with Crippen molar-refractivity contribution in [3.8, 4) is 16.8 Å². The van der Waals surface area contributed by atoms with Gasteiger partial charge in [-0.05, 0) is 69.3 Å². The lowest BCUT2D eigenvalue weighted by atomic mass is 9.99. The summed E-state index contributed by atoms with van der Waals surface area (Å²) in [6.45, 7) is 0.418. The number of tetrazole rings is 1. The molecule has 1 saturated heterocycles. The van der Waals surface area contributed by atoms with Crippen LogP contribution in [0.3, 0.4) is 0 Å². The van der Waals surface area contributed by atoms with Crippen LogP contribution in [-0.4, -0.2) is 54.2 Å². The molecule has 3 N–H and O–H groups in total. The van der Waals surface area contributed by atoms with Crippen LogP contribution < -0.4 is 5.32 Å². The Morgan fingerprint density at radius 1 is 0.808 bits per heavy atom. The number of nitrogens with one attached hydrogen (secondary N) is 1. The molecular weight excluding hydrogens is 679 g/mol. The number of unbranched alkanes of at least 4 members (excludes halogenated alkanes) is 3. The minimum atomic E-state index is -0.778. The number of thioether (sulfide) groups is 1. The molecule has 11 nitrogen and oxygen atoms in total. The van der Waals surface area contributed by atoms with Crippen LogP contribution in [0.1, 0.15) is 79.6 Å². The predicted molar refractivity (Wildman–Crippen MR) is 197 cm³/mol. The zero-order valence-corrected chi connectivity index (χ0v) is 29.7. The van der Waals surface area contributed by atoms with Gasteiger partial charge in [-0.3, -0.25) is 9.59 Å². The Hall–Kier alpha value is -4.88. The fourth-order valence-electron chi connectivity index (χ4n) is 6.09. The molecule has 1 aromatic heterocycles. The molecule has 6 rings (SSSR count). The topological polar surface area (TPSA) is 149 Å². The number of hydrogen-bond donors (Lipinski definition) is 3. The van der Waals surface area contributed by atoms with E-state index in [0.717, 1.165) is 58.3 Å². The second-order valence-corrected chi connectivity index (χ2v) is 13.8. The number of carbonyl (C=O) groups is 2. The summed E-state index contributed by atoms with van der Waals surface area (Å²) in [5.74, 6) is -0.166. The van der Waals surface area contributed by atoms with Gasteiger partial charge in [0.1, 0.15) is 0 Å². The number of aliphatic hydroxyl groups is 1. The first-order valence-corrected chi connectivity index (χ1v) is 18.6. The normalized spacial score (nSPS) is 17.1. The molecule has 0 radical (unpaired) electrons. The molecule has 12 heteroatoms. The Labute approximate surface area is 307 Å². The third kappa shape index (κ3) is 10.3. The summed E-state index contributed by atoms with van der Waals surface area (Å²) in [7, 11) is 0. The van der Waals surface area contributed by atoms with Gasteiger partial charge in [0, 0.05) is 37.1 Å². The molecule has 1 aliphatic rings. The number of aromatic nitrogens is 4. The van der Waals surface area contributed by atoms with Crippen molar-refractivity contribution >= 4 is 23.6 Å². The van der Waals surface area contributed by atoms with E-state index in [0.29, 0.717) is 36.7 Å². The smallest absolute Gasteiger partial charge is 0.303 e. The quantitative estimate of drug-likeness (QED) is 0.0665. The van der Waals surface area contributed by atoms with E-state index >= 15 is 0 Å². The molecular formula is C40H43N5O6S. The van der Waals surface area contributed by atoms with Gasteiger partial charge < -0.3 is 25.0 Å². The van der Waals surface area contributed by atoms with Crippen LogP contribution in [0.15, 0.2) is 108 Å². The van der Waals surface area contributed by atoms with Crippen LogP contribution >= 0.6 is 11.8 Å². The van der Waals surface area contributed by atoms with Gasteiger partial charge in [0.2, 0.25) is 11.1 Å². The van der Waals surface area contributed by atoms with Crippen molar-refractivity contribution in [2.45, 2.75) is 81.8 Å². The van der Waals surface area contributed by atoms with E-state index in [1.807, 2.05) is 84.9 Å². The van der Waals surface area contributed by atoms with E-state index in [1.165, 1.54) is 11.8 Å². The summed E-state index contributed by atoms with van der Waals surface area (Å²) in [4.78, 5) is 23.0. The summed E-state index contributed by atoms with van der Waals surface area (Å²) in [5, 5.41) is 34.4. The number of nitrogens with zero attached hydrogens (tertiary/aromatic N) is 4. The second kappa shape index (κ2) is 18.6. The zero-order chi connectivity index (χ0) is 36.1. The maximum Gasteiger partial charge on any atom is 0.303 e. The Morgan fingerprint density at radius 3 is 2.31 bits per heavy atom. The molecule has 270 valence electrons. The Balaban J connectivity index is 1.09. The number of aliphatic hydroxyl groups excluding tert-OH is 1. The van der Waals surface area contributed by atoms with Gasteiger partial charge in [-0.15, -0.1) is 5.10 Å². The number of carboxylic acid groups (broad SMARTS) is 1. The highest BCUT2D eigenvalue weighted by Gasteiger charge is 2.32. The standard InChI is InChI=1S/C40H43N5O6S/c46-26-28-15-17-31(18-16-28)36-24-35(27-52-40-42-43-44-45(40)34-11-4-3-5-12-34)50-39(51-36)32-21-19-30(20-22-32)33-10-8-9-29(23-33)25-41-37(47)13-6-1-2-7-14-38(48)49/h3-5,8-12,15-23,35-36,39,46H,1-2,6-7,13-14,24-27H2,(H,41,47)(H,48,49)/t35-,36+,39+/m0/s1. The summed E-state index contributed by atoms with van der Waals surface area (Å²) in [5.41, 5.74) is 6.72. The molecule has 0 aliphatic carbocycles. The van der Waals surface area contributed by atoms with Gasteiger partial charge in [0.15, 0.2) is 6.29 Å². The molecule has 52 heavy (non-hydrogen) atoms. The first kappa shape index (κ1) is 36.9. The van der Waals surface area contributed by atoms with Gasteiger partial charge in [-0.2, -0.15) is 4.68 Å². The van der Waals surface area contributed by atoms with E-state index in [-0.39, 0.29) is 31.1 Å². The van der Waals surface area contributed by atoms with Crippen LogP contribution in [0.25, 0.3) is 16.8 Å². The van der Waals surface area contributed by atoms with Crippen molar-refractivity contribution in [3.05, 3.63) is 125 Å². The maximum absolute atomic E-state index is 12.4. The summed E-state index contributed by atoms with van der Waals surface area (Å²) in [6, 6.07) is 33.9.